The molecule has 1 N–H and O–H groups in total. The molecule has 21 heavy (non-hydrogen) atoms. The molecule has 0 aliphatic heterocycles. The Morgan fingerprint density at radius 1 is 1.38 bits per heavy atom. The highest BCUT2D eigenvalue weighted by molar-refractivity contribution is 7.09. The summed E-state index contributed by atoms with van der Waals surface area (Å²) >= 11 is 1.64. The van der Waals surface area contributed by atoms with Crippen LogP contribution in [0.15, 0.2) is 42.0 Å². The maximum Gasteiger partial charge on any atom is 0.253 e. The fourth-order valence-electron chi connectivity index (χ4n) is 2.39. The lowest BCUT2D eigenvalue weighted by molar-refractivity contribution is 0.0952. The van der Waals surface area contributed by atoms with Gasteiger partial charge in [0.05, 0.1) is 12.1 Å². The zero-order valence-corrected chi connectivity index (χ0v) is 12.7. The molecule has 3 aromatic rings. The Labute approximate surface area is 127 Å². The lowest BCUT2D eigenvalue weighted by Crippen LogP contribution is -2.22. The molecular formula is C16H17N3OS. The number of rotatable bonds is 5. The Kier molecular flexibility index (Phi) is 4.01. The van der Waals surface area contributed by atoms with Crippen LogP contribution in [0, 0.1) is 0 Å². The molecule has 0 aliphatic carbocycles. The molecule has 4 nitrogen and oxygen atoms in total. The zero-order chi connectivity index (χ0) is 14.7. The van der Waals surface area contributed by atoms with E-state index in [-0.39, 0.29) is 5.91 Å². The fourth-order valence-corrected chi connectivity index (χ4v) is 3.04. The lowest BCUT2D eigenvalue weighted by atomic mass is 10.2. The Morgan fingerprint density at radius 2 is 2.29 bits per heavy atom. The summed E-state index contributed by atoms with van der Waals surface area (Å²) in [6.45, 7) is 3.55. The highest BCUT2D eigenvalue weighted by Crippen LogP contribution is 2.20. The third kappa shape index (κ3) is 2.83. The van der Waals surface area contributed by atoms with Crippen molar-refractivity contribution in [2.75, 3.05) is 0 Å². The summed E-state index contributed by atoms with van der Waals surface area (Å²) in [7, 11) is 0. The van der Waals surface area contributed by atoms with Crippen LogP contribution in [0.2, 0.25) is 0 Å². The van der Waals surface area contributed by atoms with E-state index in [1.54, 1.807) is 17.5 Å². The van der Waals surface area contributed by atoms with Gasteiger partial charge in [0.1, 0.15) is 5.65 Å². The summed E-state index contributed by atoms with van der Waals surface area (Å²) in [5.74, 6) is -0.0451. The van der Waals surface area contributed by atoms with Gasteiger partial charge in [0, 0.05) is 29.2 Å². The van der Waals surface area contributed by atoms with Gasteiger partial charge in [-0.25, -0.2) is 4.98 Å². The van der Waals surface area contributed by atoms with E-state index >= 15 is 0 Å². The van der Waals surface area contributed by atoms with Crippen LogP contribution in [-0.4, -0.2) is 15.5 Å². The summed E-state index contributed by atoms with van der Waals surface area (Å²) in [4.78, 5) is 18.0. The first-order valence-corrected chi connectivity index (χ1v) is 7.92. The molecule has 3 rings (SSSR count). The van der Waals surface area contributed by atoms with Crippen molar-refractivity contribution >= 4 is 28.3 Å². The first-order chi connectivity index (χ1) is 10.3. The smallest absolute Gasteiger partial charge is 0.253 e. The topological polar surface area (TPSA) is 46.9 Å². The van der Waals surface area contributed by atoms with Gasteiger partial charge in [-0.3, -0.25) is 4.79 Å². The number of thiophene rings is 1. The van der Waals surface area contributed by atoms with Crippen molar-refractivity contribution in [3.63, 3.8) is 0 Å². The molecule has 1 amide bonds. The van der Waals surface area contributed by atoms with E-state index in [0.29, 0.717) is 12.1 Å². The third-order valence-corrected chi connectivity index (χ3v) is 4.22. The molecular weight excluding hydrogens is 282 g/mol. The van der Waals surface area contributed by atoms with Crippen LogP contribution >= 0.6 is 11.3 Å². The van der Waals surface area contributed by atoms with E-state index in [9.17, 15) is 4.79 Å². The largest absolute Gasteiger partial charge is 0.347 e. The van der Waals surface area contributed by atoms with Crippen molar-refractivity contribution in [2.24, 2.45) is 0 Å². The number of carbonyl (C=O) groups excluding carboxylic acids is 1. The summed E-state index contributed by atoms with van der Waals surface area (Å²) in [5, 5.41) is 5.90. The van der Waals surface area contributed by atoms with Gasteiger partial charge < -0.3 is 9.88 Å². The maximum atomic E-state index is 12.4. The summed E-state index contributed by atoms with van der Waals surface area (Å²) in [6.07, 6.45) is 4.68. The predicted octanol–water partition coefficient (Wildman–Crippen LogP) is 3.44. The SMILES string of the molecule is CCCn1cc(C(=O)NCc2cccs2)c2cccnc21. The van der Waals surface area contributed by atoms with Crippen molar-refractivity contribution in [1.29, 1.82) is 0 Å². The van der Waals surface area contributed by atoms with Gasteiger partial charge >= 0.3 is 0 Å². The summed E-state index contributed by atoms with van der Waals surface area (Å²) in [5.41, 5.74) is 1.57. The van der Waals surface area contributed by atoms with E-state index in [2.05, 4.69) is 21.8 Å². The van der Waals surface area contributed by atoms with Crippen LogP contribution in [0.25, 0.3) is 11.0 Å². The molecule has 5 heteroatoms. The number of hydrogen-bond donors (Lipinski definition) is 1. The van der Waals surface area contributed by atoms with Crippen molar-refractivity contribution in [1.82, 2.24) is 14.9 Å². The number of carbonyl (C=O) groups is 1. The molecule has 0 saturated carbocycles. The molecule has 3 heterocycles. The third-order valence-electron chi connectivity index (χ3n) is 3.35. The monoisotopic (exact) mass is 299 g/mol. The van der Waals surface area contributed by atoms with Crippen LogP contribution in [0.5, 0.6) is 0 Å². The molecule has 108 valence electrons. The van der Waals surface area contributed by atoms with Gasteiger partial charge in [0.25, 0.3) is 5.91 Å². The molecule has 0 atom stereocenters. The second kappa shape index (κ2) is 6.10. The number of hydrogen-bond acceptors (Lipinski definition) is 3. The predicted molar refractivity (Wildman–Crippen MR) is 85.5 cm³/mol. The maximum absolute atomic E-state index is 12.4. The zero-order valence-electron chi connectivity index (χ0n) is 11.9. The molecule has 0 bridgehead atoms. The van der Waals surface area contributed by atoms with Crippen molar-refractivity contribution in [3.8, 4) is 0 Å². The minimum Gasteiger partial charge on any atom is -0.347 e. The Bertz CT molecular complexity index is 746. The number of amides is 1. The van der Waals surface area contributed by atoms with Crippen molar-refractivity contribution < 1.29 is 4.79 Å². The van der Waals surface area contributed by atoms with Gasteiger partial charge in [-0.15, -0.1) is 11.3 Å². The van der Waals surface area contributed by atoms with Crippen LogP contribution in [0.3, 0.4) is 0 Å². The molecule has 0 saturated heterocycles. The Hall–Kier alpha value is -2.14. The number of nitrogens with one attached hydrogen (secondary N) is 1. The first-order valence-electron chi connectivity index (χ1n) is 7.04. The van der Waals surface area contributed by atoms with Gasteiger partial charge in [-0.05, 0) is 30.0 Å². The highest BCUT2D eigenvalue weighted by Gasteiger charge is 2.15. The summed E-state index contributed by atoms with van der Waals surface area (Å²) < 4.78 is 2.05. The number of fused-ring (bicyclic) bond motifs is 1. The van der Waals surface area contributed by atoms with Crippen LogP contribution in [-0.2, 0) is 13.1 Å². The van der Waals surface area contributed by atoms with Crippen LogP contribution in [0.4, 0.5) is 0 Å². The number of aromatic nitrogens is 2. The van der Waals surface area contributed by atoms with Crippen LogP contribution < -0.4 is 5.32 Å². The van der Waals surface area contributed by atoms with Crippen molar-refractivity contribution in [2.45, 2.75) is 26.4 Å². The molecule has 0 fully saturated rings. The molecule has 0 radical (unpaired) electrons. The average molecular weight is 299 g/mol. The van der Waals surface area contributed by atoms with Crippen molar-refractivity contribution in [3.05, 3.63) is 52.5 Å². The second-order valence-electron chi connectivity index (χ2n) is 4.87. The molecule has 0 spiro atoms. The van der Waals surface area contributed by atoms with E-state index in [1.165, 1.54) is 0 Å². The minimum absolute atomic E-state index is 0.0451. The molecule has 0 aliphatic rings. The quantitative estimate of drug-likeness (QED) is 0.784. The number of pyridine rings is 1. The van der Waals surface area contributed by atoms with E-state index in [4.69, 9.17) is 0 Å². The van der Waals surface area contributed by atoms with Crippen LogP contribution in [0.1, 0.15) is 28.6 Å². The van der Waals surface area contributed by atoms with E-state index < -0.39 is 0 Å². The van der Waals surface area contributed by atoms with Gasteiger partial charge in [-0.2, -0.15) is 0 Å². The normalized spacial score (nSPS) is 10.9. The molecule has 0 unspecified atom stereocenters. The Balaban J connectivity index is 1.87. The minimum atomic E-state index is -0.0451. The van der Waals surface area contributed by atoms with Gasteiger partial charge in [-0.1, -0.05) is 13.0 Å². The van der Waals surface area contributed by atoms with E-state index in [0.717, 1.165) is 28.9 Å². The average Bonchev–Trinajstić information content (AvgIpc) is 3.14. The van der Waals surface area contributed by atoms with Gasteiger partial charge in [0.15, 0.2) is 0 Å². The first kappa shape index (κ1) is 13.8. The van der Waals surface area contributed by atoms with E-state index in [1.807, 2.05) is 35.8 Å². The second-order valence-corrected chi connectivity index (χ2v) is 5.91. The molecule has 0 aromatic carbocycles. The lowest BCUT2D eigenvalue weighted by Gasteiger charge is -2.02. The fraction of sp³-hybridized carbons (Fsp3) is 0.250. The summed E-state index contributed by atoms with van der Waals surface area (Å²) in [6, 6.07) is 7.83. The van der Waals surface area contributed by atoms with Gasteiger partial charge in [0.2, 0.25) is 0 Å². The standard InChI is InChI=1S/C16H17N3OS/c1-2-8-19-11-14(13-6-3-7-17-15(13)19)16(20)18-10-12-5-4-9-21-12/h3-7,9,11H,2,8,10H2,1H3,(H,18,20). The Morgan fingerprint density at radius 3 is 3.05 bits per heavy atom. The number of nitrogens with zero attached hydrogens (tertiary/aromatic N) is 2. The molecule has 3 aromatic heterocycles. The highest BCUT2D eigenvalue weighted by atomic mass is 32.1. The number of aryl methyl sites for hydroxylation is 1.